The molecule has 2 aliphatic rings. The van der Waals surface area contributed by atoms with Crippen molar-refractivity contribution in [1.29, 1.82) is 0 Å². The van der Waals surface area contributed by atoms with Crippen molar-refractivity contribution in [1.82, 2.24) is 9.80 Å². The predicted octanol–water partition coefficient (Wildman–Crippen LogP) is 2.32. The van der Waals surface area contributed by atoms with Gasteiger partial charge in [0.2, 0.25) is 0 Å². The first-order valence-electron chi connectivity index (χ1n) is 9.77. The lowest BCUT2D eigenvalue weighted by molar-refractivity contribution is 0.0439. The van der Waals surface area contributed by atoms with E-state index in [0.29, 0.717) is 11.4 Å². The van der Waals surface area contributed by atoms with E-state index >= 15 is 0 Å². The highest BCUT2D eigenvalue weighted by Gasteiger charge is 2.27. The zero-order chi connectivity index (χ0) is 18.7. The van der Waals surface area contributed by atoms with E-state index in [1.165, 1.54) is 31.9 Å². The number of piperazine rings is 1. The summed E-state index contributed by atoms with van der Waals surface area (Å²) in [6.07, 6.45) is 5.99. The van der Waals surface area contributed by atoms with E-state index in [1.54, 1.807) is 24.3 Å². The van der Waals surface area contributed by atoms with Crippen LogP contribution in [-0.2, 0) is 9.84 Å². The summed E-state index contributed by atoms with van der Waals surface area (Å²) < 4.78 is 23.1. The molecule has 2 fully saturated rings. The summed E-state index contributed by atoms with van der Waals surface area (Å²) in [5.74, 6) is 0.886. The number of nitrogens with zero attached hydrogens (tertiary/aromatic N) is 2. The SMILES string of the molecule is CC1CCC(N2CCN(CC(O)c3ccc(S(C)(=O)=O)cc3)CC2)CC1. The molecule has 0 amide bonds. The van der Waals surface area contributed by atoms with Gasteiger partial charge in [-0.3, -0.25) is 9.80 Å². The number of aliphatic hydroxyl groups is 1. The fraction of sp³-hybridized carbons (Fsp3) is 0.700. The van der Waals surface area contributed by atoms with Crippen molar-refractivity contribution in [2.24, 2.45) is 5.92 Å². The fourth-order valence-corrected chi connectivity index (χ4v) is 4.84. The van der Waals surface area contributed by atoms with Gasteiger partial charge in [0.05, 0.1) is 11.0 Å². The topological polar surface area (TPSA) is 60.9 Å². The smallest absolute Gasteiger partial charge is 0.175 e. The quantitative estimate of drug-likeness (QED) is 0.849. The Bertz CT molecular complexity index is 674. The van der Waals surface area contributed by atoms with Crippen LogP contribution in [0.4, 0.5) is 0 Å². The highest BCUT2D eigenvalue weighted by Crippen LogP contribution is 2.28. The molecule has 146 valence electrons. The summed E-state index contributed by atoms with van der Waals surface area (Å²) >= 11 is 0. The first-order valence-corrected chi connectivity index (χ1v) is 11.7. The Labute approximate surface area is 157 Å². The first-order chi connectivity index (χ1) is 12.3. The molecular formula is C20H32N2O3S. The molecule has 1 aromatic carbocycles. The zero-order valence-corrected chi connectivity index (χ0v) is 16.8. The average Bonchev–Trinajstić information content (AvgIpc) is 2.62. The van der Waals surface area contributed by atoms with Crippen LogP contribution in [0.3, 0.4) is 0 Å². The summed E-state index contributed by atoms with van der Waals surface area (Å²) in [4.78, 5) is 5.25. The normalized spacial score (nSPS) is 27.3. The van der Waals surface area contributed by atoms with Crippen molar-refractivity contribution in [2.45, 2.75) is 49.6 Å². The van der Waals surface area contributed by atoms with Gasteiger partial charge in [-0.05, 0) is 49.3 Å². The average molecular weight is 381 g/mol. The molecule has 0 aromatic heterocycles. The highest BCUT2D eigenvalue weighted by molar-refractivity contribution is 7.90. The van der Waals surface area contributed by atoms with Gasteiger partial charge in [-0.1, -0.05) is 19.1 Å². The molecule has 3 rings (SSSR count). The van der Waals surface area contributed by atoms with Crippen LogP contribution in [0.5, 0.6) is 0 Å². The Morgan fingerprint density at radius 2 is 1.62 bits per heavy atom. The minimum Gasteiger partial charge on any atom is -0.387 e. The molecule has 5 nitrogen and oxygen atoms in total. The number of rotatable bonds is 5. The minimum absolute atomic E-state index is 0.295. The molecule has 1 saturated heterocycles. The van der Waals surface area contributed by atoms with Gasteiger partial charge in [-0.15, -0.1) is 0 Å². The van der Waals surface area contributed by atoms with Crippen molar-refractivity contribution in [2.75, 3.05) is 39.0 Å². The largest absolute Gasteiger partial charge is 0.387 e. The molecule has 1 aliphatic carbocycles. The maximum atomic E-state index is 11.5. The van der Waals surface area contributed by atoms with Gasteiger partial charge >= 0.3 is 0 Å². The summed E-state index contributed by atoms with van der Waals surface area (Å²) in [5, 5.41) is 10.5. The Morgan fingerprint density at radius 1 is 1.04 bits per heavy atom. The van der Waals surface area contributed by atoms with Crippen LogP contribution in [0, 0.1) is 5.92 Å². The standard InChI is InChI=1S/C20H32N2O3S/c1-16-3-7-18(8-4-16)22-13-11-21(12-14-22)15-20(23)17-5-9-19(10-6-17)26(2,24)25/h5-6,9-10,16,18,20,23H,3-4,7-8,11-15H2,1-2H3. The molecule has 0 radical (unpaired) electrons. The summed E-state index contributed by atoms with van der Waals surface area (Å²) in [7, 11) is -3.19. The lowest BCUT2D eigenvalue weighted by atomic mass is 9.86. The number of benzene rings is 1. The summed E-state index contributed by atoms with van der Waals surface area (Å²) in [6.45, 7) is 7.11. The van der Waals surface area contributed by atoms with Crippen LogP contribution < -0.4 is 0 Å². The van der Waals surface area contributed by atoms with E-state index in [1.807, 2.05) is 0 Å². The van der Waals surface area contributed by atoms with E-state index in [2.05, 4.69) is 16.7 Å². The molecule has 1 N–H and O–H groups in total. The third kappa shape index (κ3) is 5.06. The molecule has 1 aliphatic heterocycles. The molecule has 26 heavy (non-hydrogen) atoms. The van der Waals surface area contributed by atoms with Crippen LogP contribution in [0.2, 0.25) is 0 Å². The first kappa shape index (κ1) is 19.8. The Hall–Kier alpha value is -0.950. The molecule has 1 saturated carbocycles. The zero-order valence-electron chi connectivity index (χ0n) is 16.0. The van der Waals surface area contributed by atoms with Crippen LogP contribution in [0.15, 0.2) is 29.2 Å². The number of hydrogen-bond donors (Lipinski definition) is 1. The monoisotopic (exact) mass is 380 g/mol. The molecule has 0 bridgehead atoms. The van der Waals surface area contributed by atoms with Crippen LogP contribution in [0.25, 0.3) is 0 Å². The predicted molar refractivity (Wildman–Crippen MR) is 104 cm³/mol. The van der Waals surface area contributed by atoms with Crippen molar-refractivity contribution < 1.29 is 13.5 Å². The minimum atomic E-state index is -3.19. The van der Waals surface area contributed by atoms with Gasteiger partial charge in [0.25, 0.3) is 0 Å². The van der Waals surface area contributed by atoms with Gasteiger partial charge in [-0.2, -0.15) is 0 Å². The van der Waals surface area contributed by atoms with E-state index in [-0.39, 0.29) is 0 Å². The van der Waals surface area contributed by atoms with Crippen LogP contribution in [0.1, 0.15) is 44.3 Å². The van der Waals surface area contributed by atoms with E-state index < -0.39 is 15.9 Å². The van der Waals surface area contributed by atoms with Gasteiger partial charge < -0.3 is 5.11 Å². The van der Waals surface area contributed by atoms with Gasteiger partial charge in [0.1, 0.15) is 0 Å². The van der Waals surface area contributed by atoms with Crippen LogP contribution in [-0.4, -0.2) is 68.3 Å². The second-order valence-corrected chi connectivity index (χ2v) is 10.1. The third-order valence-corrected chi connectivity index (χ3v) is 7.16. The fourth-order valence-electron chi connectivity index (χ4n) is 4.21. The number of hydrogen-bond acceptors (Lipinski definition) is 5. The Morgan fingerprint density at radius 3 is 2.15 bits per heavy atom. The Kier molecular flexibility index (Phi) is 6.38. The van der Waals surface area contributed by atoms with E-state index in [9.17, 15) is 13.5 Å². The van der Waals surface area contributed by atoms with E-state index in [4.69, 9.17) is 0 Å². The molecule has 1 atom stereocenters. The van der Waals surface area contributed by atoms with Crippen molar-refractivity contribution in [3.63, 3.8) is 0 Å². The molecule has 6 heteroatoms. The number of β-amino-alcohol motifs (C(OH)–C–C–N with tert-alkyl or cyclic N) is 1. The van der Waals surface area contributed by atoms with Gasteiger partial charge in [-0.25, -0.2) is 8.42 Å². The van der Waals surface area contributed by atoms with Crippen molar-refractivity contribution >= 4 is 9.84 Å². The molecule has 1 heterocycles. The number of aliphatic hydroxyl groups excluding tert-OH is 1. The maximum Gasteiger partial charge on any atom is 0.175 e. The second-order valence-electron chi connectivity index (χ2n) is 8.11. The van der Waals surface area contributed by atoms with Gasteiger partial charge in [0, 0.05) is 45.0 Å². The lowest BCUT2D eigenvalue weighted by Gasteiger charge is -2.42. The molecule has 0 spiro atoms. The van der Waals surface area contributed by atoms with Crippen molar-refractivity contribution in [3.8, 4) is 0 Å². The second kappa shape index (κ2) is 8.38. The maximum absolute atomic E-state index is 11.5. The lowest BCUT2D eigenvalue weighted by Crippen LogP contribution is -2.51. The third-order valence-electron chi connectivity index (χ3n) is 6.03. The van der Waals surface area contributed by atoms with Crippen molar-refractivity contribution in [3.05, 3.63) is 29.8 Å². The van der Waals surface area contributed by atoms with Gasteiger partial charge in [0.15, 0.2) is 9.84 Å². The molecule has 1 unspecified atom stereocenters. The number of sulfone groups is 1. The Balaban J connectivity index is 1.48. The summed E-state index contributed by atoms with van der Waals surface area (Å²) in [6, 6.07) is 7.36. The highest BCUT2D eigenvalue weighted by atomic mass is 32.2. The summed E-state index contributed by atoms with van der Waals surface area (Å²) in [5.41, 5.74) is 0.779. The van der Waals surface area contributed by atoms with Crippen LogP contribution >= 0.6 is 0 Å². The molecule has 1 aromatic rings. The van der Waals surface area contributed by atoms with E-state index in [0.717, 1.165) is 43.7 Å². The molecular weight excluding hydrogens is 348 g/mol.